The number of benzene rings is 1. The lowest BCUT2D eigenvalue weighted by molar-refractivity contribution is -0.145. The van der Waals surface area contributed by atoms with Crippen molar-refractivity contribution >= 4 is 30.2 Å². The molecule has 0 bridgehead atoms. The first-order valence-corrected chi connectivity index (χ1v) is 17.4. The highest BCUT2D eigenvalue weighted by Gasteiger charge is 2.52. The van der Waals surface area contributed by atoms with Crippen LogP contribution in [-0.2, 0) is 27.3 Å². The maximum absolute atomic E-state index is 13.9. The zero-order chi connectivity index (χ0) is 34.5. The van der Waals surface area contributed by atoms with E-state index in [1.807, 2.05) is 0 Å². The molecule has 48 heavy (non-hydrogen) atoms. The van der Waals surface area contributed by atoms with Gasteiger partial charge >= 0.3 is 18.0 Å². The Hall–Kier alpha value is -3.82. The summed E-state index contributed by atoms with van der Waals surface area (Å²) in [7, 11) is 0. The number of aliphatic imine (C=N–C) groups is 3. The molecule has 2 unspecified atom stereocenters. The smallest absolute Gasteiger partial charge is 0.336 e. The van der Waals surface area contributed by atoms with Crippen LogP contribution < -0.4 is 5.73 Å². The van der Waals surface area contributed by atoms with Crippen LogP contribution >= 0.6 is 0 Å². The van der Waals surface area contributed by atoms with Gasteiger partial charge in [0.05, 0.1) is 18.0 Å². The van der Waals surface area contributed by atoms with E-state index in [0.29, 0.717) is 17.5 Å². The molecule has 1 aromatic carbocycles. The number of aromatic carboxylic acids is 1. The highest BCUT2D eigenvalue weighted by atomic mass is 19.1. The minimum atomic E-state index is -1.50. The molecule has 0 aromatic heterocycles. The number of halogens is 1. The van der Waals surface area contributed by atoms with Gasteiger partial charge in [0.1, 0.15) is 24.7 Å². The van der Waals surface area contributed by atoms with Crippen LogP contribution in [0.25, 0.3) is 0 Å². The van der Waals surface area contributed by atoms with Crippen LogP contribution in [0.15, 0.2) is 33.2 Å². The molecule has 0 aliphatic carbocycles. The largest absolute Gasteiger partial charge is 0.478 e. The van der Waals surface area contributed by atoms with Crippen LogP contribution in [0.4, 0.5) is 4.39 Å². The van der Waals surface area contributed by atoms with Crippen molar-refractivity contribution < 1.29 is 33.7 Å². The molecule has 4 rings (SSSR count). The van der Waals surface area contributed by atoms with Gasteiger partial charge in [-0.1, -0.05) is 102 Å². The number of carboxylic acid groups (broad SMARTS) is 1. The molecular formula is C36H50FN5O6. The number of nitrogens with two attached hydrogens (primary N) is 1. The van der Waals surface area contributed by atoms with Crippen molar-refractivity contribution in [3.63, 3.8) is 0 Å². The van der Waals surface area contributed by atoms with E-state index in [4.69, 9.17) is 21.6 Å². The Balaban J connectivity index is 1.21. The van der Waals surface area contributed by atoms with E-state index in [-0.39, 0.29) is 36.8 Å². The average Bonchev–Trinajstić information content (AvgIpc) is 3.63. The van der Waals surface area contributed by atoms with Gasteiger partial charge in [0.2, 0.25) is 0 Å². The van der Waals surface area contributed by atoms with Crippen LogP contribution in [0.2, 0.25) is 0 Å². The summed E-state index contributed by atoms with van der Waals surface area (Å²) < 4.78 is 25.5. The monoisotopic (exact) mass is 667 g/mol. The average molecular weight is 668 g/mol. The first kappa shape index (κ1) is 37.0. The minimum Gasteiger partial charge on any atom is -0.478 e. The second-order valence-electron chi connectivity index (χ2n) is 13.0. The Labute approximate surface area is 282 Å². The summed E-state index contributed by atoms with van der Waals surface area (Å²) in [5.41, 5.74) is 5.16. The molecule has 1 saturated heterocycles. The quantitative estimate of drug-likeness (QED) is 0.0695. The van der Waals surface area contributed by atoms with Crippen LogP contribution in [0.3, 0.4) is 0 Å². The molecule has 12 heteroatoms. The van der Waals surface area contributed by atoms with Gasteiger partial charge in [-0.25, -0.2) is 9.79 Å². The summed E-state index contributed by atoms with van der Waals surface area (Å²) >= 11 is 0. The number of nitrogens with zero attached hydrogens (tertiary/aromatic N) is 4. The number of amidine groups is 2. The SMILES string of the molecule is C#C[C@@]1(Cc2ccc(COC(=O)CCCCCCCCCCCCCCC)c(C(=O)O)c2)O[C@@H](N2C=NC3C(N)=NC(F)=NC32)C[C@@H]1O. The molecule has 3 heterocycles. The third-order valence-electron chi connectivity index (χ3n) is 9.34. The van der Waals surface area contributed by atoms with Gasteiger partial charge in [-0.2, -0.15) is 9.38 Å². The number of fused-ring (bicyclic) bond motifs is 1. The van der Waals surface area contributed by atoms with Gasteiger partial charge in [-0.3, -0.25) is 9.79 Å². The first-order valence-electron chi connectivity index (χ1n) is 17.4. The van der Waals surface area contributed by atoms with E-state index in [1.165, 1.54) is 76.6 Å². The molecule has 0 spiro atoms. The van der Waals surface area contributed by atoms with Gasteiger partial charge < -0.3 is 30.3 Å². The molecule has 3 aliphatic rings. The second-order valence-corrected chi connectivity index (χ2v) is 13.0. The van der Waals surface area contributed by atoms with Gasteiger partial charge in [0.25, 0.3) is 0 Å². The van der Waals surface area contributed by atoms with Gasteiger partial charge in [0, 0.05) is 24.8 Å². The zero-order valence-corrected chi connectivity index (χ0v) is 28.0. The Morgan fingerprint density at radius 3 is 2.38 bits per heavy atom. The highest BCUT2D eigenvalue weighted by molar-refractivity contribution is 5.99. The molecule has 0 amide bonds. The molecular weight excluding hydrogens is 617 g/mol. The Morgan fingerprint density at radius 2 is 1.75 bits per heavy atom. The van der Waals surface area contributed by atoms with Gasteiger partial charge in [-0.15, -0.1) is 6.42 Å². The number of carbonyl (C=O) groups is 2. The van der Waals surface area contributed by atoms with E-state index in [9.17, 15) is 24.2 Å². The van der Waals surface area contributed by atoms with E-state index in [0.717, 1.165) is 19.3 Å². The summed E-state index contributed by atoms with van der Waals surface area (Å²) in [6.45, 7) is 2.07. The van der Waals surface area contributed by atoms with Crippen LogP contribution in [-0.4, -0.2) is 75.5 Å². The first-order chi connectivity index (χ1) is 23.2. The fourth-order valence-corrected chi connectivity index (χ4v) is 6.53. The number of hydrogen-bond donors (Lipinski definition) is 3. The third-order valence-corrected chi connectivity index (χ3v) is 9.34. The van der Waals surface area contributed by atoms with Crippen molar-refractivity contribution in [3.8, 4) is 12.3 Å². The molecule has 0 radical (unpaired) electrons. The van der Waals surface area contributed by atoms with Crippen LogP contribution in [0.5, 0.6) is 0 Å². The number of aliphatic hydroxyl groups excluding tert-OH is 1. The highest BCUT2D eigenvalue weighted by Crippen LogP contribution is 2.38. The Kier molecular flexibility index (Phi) is 13.9. The van der Waals surface area contributed by atoms with Crippen molar-refractivity contribution in [1.29, 1.82) is 0 Å². The number of rotatable bonds is 20. The summed E-state index contributed by atoms with van der Waals surface area (Å²) in [4.78, 5) is 37.8. The molecule has 3 aliphatic heterocycles. The Morgan fingerprint density at radius 1 is 1.10 bits per heavy atom. The van der Waals surface area contributed by atoms with Crippen LogP contribution in [0.1, 0.15) is 125 Å². The fourth-order valence-electron chi connectivity index (χ4n) is 6.53. The normalized spacial score (nSPS) is 24.6. The predicted octanol–water partition coefficient (Wildman–Crippen LogP) is 5.67. The third kappa shape index (κ3) is 9.86. The van der Waals surface area contributed by atoms with E-state index < -0.39 is 42.2 Å². The fraction of sp³-hybridized carbons (Fsp3) is 0.639. The molecule has 0 saturated carbocycles. The number of esters is 1. The van der Waals surface area contributed by atoms with Crippen molar-refractivity contribution in [3.05, 3.63) is 34.9 Å². The minimum absolute atomic E-state index is 0.000859. The number of terminal acetylenes is 1. The molecule has 1 fully saturated rings. The van der Waals surface area contributed by atoms with Crippen molar-refractivity contribution in [1.82, 2.24) is 4.90 Å². The lowest BCUT2D eigenvalue weighted by atomic mass is 9.88. The number of hydrogen-bond acceptors (Lipinski definition) is 10. The topological polar surface area (TPSA) is 159 Å². The van der Waals surface area contributed by atoms with E-state index in [1.54, 1.807) is 17.0 Å². The molecule has 4 N–H and O–H groups in total. The van der Waals surface area contributed by atoms with E-state index >= 15 is 0 Å². The number of carbonyl (C=O) groups excluding carboxylic acids is 1. The van der Waals surface area contributed by atoms with Crippen molar-refractivity contribution in [2.24, 2.45) is 20.7 Å². The zero-order valence-electron chi connectivity index (χ0n) is 28.0. The molecule has 11 nitrogen and oxygen atoms in total. The number of ether oxygens (including phenoxy) is 2. The molecule has 5 atom stereocenters. The second kappa shape index (κ2) is 18.1. The predicted molar refractivity (Wildman–Crippen MR) is 182 cm³/mol. The summed E-state index contributed by atoms with van der Waals surface area (Å²) in [5.74, 6) is 0.996. The lowest BCUT2D eigenvalue weighted by Crippen LogP contribution is -2.49. The standard InChI is InChI=1S/C36H50FN5O6/c1-3-5-6-7-8-9-10-11-12-13-14-15-16-17-30(44)47-23-26-19-18-25(20-27(26)34(45)46)22-36(4-2)28(43)21-29(48-36)42-24-39-31-32(38)40-35(37)41-33(31)42/h2,18-20,24,28-29,31,33,43H,3,5-17,21-23H2,1H3,(H,45,46)(H2,38,40,41)/t28-,29+,31?,33?,36-/m0/s1. The summed E-state index contributed by atoms with van der Waals surface area (Å²) in [6.07, 6.45) is 19.8. The maximum Gasteiger partial charge on any atom is 0.336 e. The molecule has 262 valence electrons. The number of carboxylic acids is 1. The summed E-state index contributed by atoms with van der Waals surface area (Å²) in [5, 5.41) is 20.9. The number of aliphatic hydroxyl groups is 1. The van der Waals surface area contributed by atoms with E-state index in [2.05, 4.69) is 27.8 Å². The van der Waals surface area contributed by atoms with Crippen LogP contribution in [0, 0.1) is 12.3 Å². The number of unbranched alkanes of at least 4 members (excludes halogenated alkanes) is 12. The summed E-state index contributed by atoms with van der Waals surface area (Å²) in [6, 6.07) is 4.03. The van der Waals surface area contributed by atoms with Gasteiger partial charge in [0.15, 0.2) is 11.8 Å². The van der Waals surface area contributed by atoms with Gasteiger partial charge in [-0.05, 0) is 18.1 Å². The maximum atomic E-state index is 13.9. The lowest BCUT2D eigenvalue weighted by Gasteiger charge is -2.32. The van der Waals surface area contributed by atoms with Crippen molar-refractivity contribution in [2.75, 3.05) is 0 Å². The molecule has 1 aromatic rings. The Bertz CT molecular complexity index is 1390. The van der Waals surface area contributed by atoms with Crippen molar-refractivity contribution in [2.45, 2.75) is 146 Å².